The molecule has 0 fully saturated rings. The highest BCUT2D eigenvalue weighted by atomic mass is 35.5. The number of carbonyl (C=O) groups is 1. The molecule has 0 atom stereocenters. The van der Waals surface area contributed by atoms with Gasteiger partial charge in [-0.1, -0.05) is 61.0 Å². The maximum absolute atomic E-state index is 13.0. The van der Waals surface area contributed by atoms with Crippen molar-refractivity contribution in [2.45, 2.75) is 51.2 Å². The van der Waals surface area contributed by atoms with E-state index in [4.69, 9.17) is 5.73 Å². The number of hydrogen-bond acceptors (Lipinski definition) is 6. The van der Waals surface area contributed by atoms with Crippen molar-refractivity contribution in [1.29, 1.82) is 0 Å². The Bertz CT molecular complexity index is 1300. The van der Waals surface area contributed by atoms with Crippen LogP contribution >= 0.6 is 24.2 Å². The van der Waals surface area contributed by atoms with Gasteiger partial charge in [0.05, 0.1) is 5.75 Å². The normalized spacial score (nSPS) is 10.9. The lowest BCUT2D eigenvalue weighted by Gasteiger charge is -2.21. The first-order valence-electron chi connectivity index (χ1n) is 13.3. The fourth-order valence-corrected chi connectivity index (χ4v) is 5.43. The Morgan fingerprint density at radius 3 is 2.32 bits per heavy atom. The van der Waals surface area contributed by atoms with Crippen LogP contribution in [0, 0.1) is 0 Å². The minimum absolute atomic E-state index is 0. The van der Waals surface area contributed by atoms with E-state index in [9.17, 15) is 4.79 Å². The molecule has 3 aromatic carbocycles. The third kappa shape index (κ3) is 7.37. The van der Waals surface area contributed by atoms with E-state index in [1.54, 1.807) is 0 Å². The average Bonchev–Trinajstić information content (AvgIpc) is 3.35. The maximum Gasteiger partial charge on any atom is 0.191 e. The van der Waals surface area contributed by atoms with Crippen LogP contribution in [-0.2, 0) is 6.54 Å². The fraction of sp³-hybridized carbons (Fsp3) is 0.367. The number of halogens is 1. The highest BCUT2D eigenvalue weighted by Gasteiger charge is 2.17. The van der Waals surface area contributed by atoms with Crippen LogP contribution in [0.25, 0.3) is 22.2 Å². The van der Waals surface area contributed by atoms with Crippen LogP contribution in [0.15, 0.2) is 71.9 Å². The third-order valence-corrected chi connectivity index (χ3v) is 7.68. The zero-order chi connectivity index (χ0) is 26.0. The topological polar surface area (TPSA) is 77.0 Å². The molecule has 0 unspecified atom stereocenters. The van der Waals surface area contributed by atoms with E-state index in [1.807, 2.05) is 24.3 Å². The van der Waals surface area contributed by atoms with Crippen LogP contribution in [0.1, 0.15) is 49.9 Å². The summed E-state index contributed by atoms with van der Waals surface area (Å²) in [6.07, 6.45) is 4.29. The Hall–Kier alpha value is -2.87. The van der Waals surface area contributed by atoms with Gasteiger partial charge in [-0.05, 0) is 74.3 Å². The lowest BCUT2D eigenvalue weighted by Crippen LogP contribution is -2.21. The van der Waals surface area contributed by atoms with Gasteiger partial charge in [-0.15, -0.1) is 22.6 Å². The van der Waals surface area contributed by atoms with Crippen molar-refractivity contribution in [2.24, 2.45) is 5.73 Å². The summed E-state index contributed by atoms with van der Waals surface area (Å²) in [6, 6.07) is 22.7. The molecule has 0 aliphatic heterocycles. The molecule has 4 rings (SSSR count). The molecule has 4 aromatic rings. The second-order valence-electron chi connectivity index (χ2n) is 9.15. The molecule has 0 saturated carbocycles. The van der Waals surface area contributed by atoms with E-state index in [-0.39, 0.29) is 18.2 Å². The summed E-state index contributed by atoms with van der Waals surface area (Å²) in [7, 11) is 0. The Labute approximate surface area is 236 Å². The van der Waals surface area contributed by atoms with Gasteiger partial charge in [-0.2, -0.15) is 0 Å². The number of Topliss-reactive ketones (excluding diaryl/α,β-unsaturated/α-hetero) is 1. The van der Waals surface area contributed by atoms with Crippen molar-refractivity contribution < 1.29 is 4.79 Å². The van der Waals surface area contributed by atoms with E-state index in [2.05, 4.69) is 76.0 Å². The lowest BCUT2D eigenvalue weighted by molar-refractivity contribution is 0.102. The minimum atomic E-state index is 0. The number of aromatic nitrogens is 3. The lowest BCUT2D eigenvalue weighted by atomic mass is 10.1. The predicted molar refractivity (Wildman–Crippen MR) is 163 cm³/mol. The van der Waals surface area contributed by atoms with E-state index in [0.717, 1.165) is 79.7 Å². The van der Waals surface area contributed by atoms with Crippen molar-refractivity contribution in [3.05, 3.63) is 72.3 Å². The van der Waals surface area contributed by atoms with Gasteiger partial charge in [0.2, 0.25) is 0 Å². The van der Waals surface area contributed by atoms with Gasteiger partial charge in [0.15, 0.2) is 16.8 Å². The van der Waals surface area contributed by atoms with Gasteiger partial charge in [0.1, 0.15) is 0 Å². The standard InChI is InChI=1S/C30H37N5OS.ClH/c1-3-34(4-2)27-17-15-24(16-18-27)28(36)22-37-30-33-32-29(35(30)20-10-6-5-9-19-31)26-14-13-23-11-7-8-12-25(23)21-26;/h7-8,11-18,21H,3-6,9-10,19-20,22,31H2,1-2H3;1H. The van der Waals surface area contributed by atoms with Crippen LogP contribution < -0.4 is 10.6 Å². The van der Waals surface area contributed by atoms with Gasteiger partial charge in [0, 0.05) is 36.4 Å². The first kappa shape index (κ1) is 29.7. The van der Waals surface area contributed by atoms with Gasteiger partial charge in [-0.25, -0.2) is 0 Å². The van der Waals surface area contributed by atoms with Crippen molar-refractivity contribution in [1.82, 2.24) is 14.8 Å². The van der Waals surface area contributed by atoms with E-state index in [0.29, 0.717) is 5.75 Å². The monoisotopic (exact) mass is 551 g/mol. The predicted octanol–water partition coefficient (Wildman–Crippen LogP) is 6.86. The summed E-state index contributed by atoms with van der Waals surface area (Å²) in [5.41, 5.74) is 8.58. The first-order chi connectivity index (χ1) is 18.1. The molecular formula is C30H38ClN5OS. The SMILES string of the molecule is CCN(CC)c1ccc(C(=O)CSc2nnc(-c3ccc4ccccc4c3)n2CCCCCCN)cc1.Cl. The quantitative estimate of drug-likeness (QED) is 0.105. The molecular weight excluding hydrogens is 514 g/mol. The molecule has 0 bridgehead atoms. The summed E-state index contributed by atoms with van der Waals surface area (Å²) in [6.45, 7) is 7.71. The zero-order valence-corrected chi connectivity index (χ0v) is 23.9. The number of unbranched alkanes of at least 4 members (excludes halogenated alkanes) is 3. The number of anilines is 1. The largest absolute Gasteiger partial charge is 0.372 e. The summed E-state index contributed by atoms with van der Waals surface area (Å²) >= 11 is 1.47. The summed E-state index contributed by atoms with van der Waals surface area (Å²) in [5.74, 6) is 1.28. The van der Waals surface area contributed by atoms with Crippen molar-refractivity contribution in [3.63, 3.8) is 0 Å². The summed E-state index contributed by atoms with van der Waals surface area (Å²) in [5, 5.41) is 12.2. The molecule has 38 heavy (non-hydrogen) atoms. The highest BCUT2D eigenvalue weighted by Crippen LogP contribution is 2.28. The first-order valence-corrected chi connectivity index (χ1v) is 14.3. The molecule has 6 nitrogen and oxygen atoms in total. The Morgan fingerprint density at radius 1 is 0.895 bits per heavy atom. The van der Waals surface area contributed by atoms with Crippen LogP contribution in [0.4, 0.5) is 5.69 Å². The van der Waals surface area contributed by atoms with Crippen LogP contribution in [0.3, 0.4) is 0 Å². The summed E-state index contributed by atoms with van der Waals surface area (Å²) < 4.78 is 2.17. The fourth-order valence-electron chi connectivity index (χ4n) is 4.57. The summed E-state index contributed by atoms with van der Waals surface area (Å²) in [4.78, 5) is 15.3. The number of thioether (sulfide) groups is 1. The number of carbonyl (C=O) groups excluding carboxylic acids is 1. The molecule has 202 valence electrons. The smallest absolute Gasteiger partial charge is 0.191 e. The maximum atomic E-state index is 13.0. The molecule has 0 spiro atoms. The number of hydrogen-bond donors (Lipinski definition) is 1. The number of nitrogens with zero attached hydrogens (tertiary/aromatic N) is 4. The molecule has 0 amide bonds. The van der Waals surface area contributed by atoms with Gasteiger partial charge >= 0.3 is 0 Å². The van der Waals surface area contributed by atoms with E-state index < -0.39 is 0 Å². The highest BCUT2D eigenvalue weighted by molar-refractivity contribution is 7.99. The Kier molecular flexibility index (Phi) is 11.6. The second-order valence-corrected chi connectivity index (χ2v) is 10.1. The Balaban J connectivity index is 0.00000400. The average molecular weight is 552 g/mol. The molecule has 1 heterocycles. The number of rotatable bonds is 14. The number of nitrogens with two attached hydrogens (primary N) is 1. The molecule has 2 N–H and O–H groups in total. The van der Waals surface area contributed by atoms with Crippen molar-refractivity contribution >= 4 is 46.4 Å². The number of fused-ring (bicyclic) bond motifs is 1. The van der Waals surface area contributed by atoms with Crippen molar-refractivity contribution in [3.8, 4) is 11.4 Å². The number of benzene rings is 3. The third-order valence-electron chi connectivity index (χ3n) is 6.71. The molecule has 0 saturated heterocycles. The molecule has 1 aromatic heterocycles. The van der Waals surface area contributed by atoms with Gasteiger partial charge in [0.25, 0.3) is 0 Å². The van der Waals surface area contributed by atoms with Gasteiger partial charge < -0.3 is 15.2 Å². The van der Waals surface area contributed by atoms with Gasteiger partial charge in [-0.3, -0.25) is 4.79 Å². The van der Waals surface area contributed by atoms with E-state index in [1.165, 1.54) is 22.5 Å². The van der Waals surface area contributed by atoms with Crippen LogP contribution in [0.2, 0.25) is 0 Å². The zero-order valence-electron chi connectivity index (χ0n) is 22.3. The van der Waals surface area contributed by atoms with Crippen LogP contribution in [0.5, 0.6) is 0 Å². The second kappa shape index (κ2) is 14.9. The Morgan fingerprint density at radius 2 is 1.61 bits per heavy atom. The number of ketones is 1. The molecule has 0 radical (unpaired) electrons. The molecule has 0 aliphatic carbocycles. The molecule has 8 heteroatoms. The van der Waals surface area contributed by atoms with Crippen LogP contribution in [-0.4, -0.2) is 45.9 Å². The van der Waals surface area contributed by atoms with E-state index >= 15 is 0 Å². The van der Waals surface area contributed by atoms with Crippen molar-refractivity contribution in [2.75, 3.05) is 30.3 Å². The minimum Gasteiger partial charge on any atom is -0.372 e. The molecule has 0 aliphatic rings.